The first-order valence-corrected chi connectivity index (χ1v) is 9.23. The molecule has 0 bridgehead atoms. The van der Waals surface area contributed by atoms with Gasteiger partial charge in [0.1, 0.15) is 0 Å². The smallest absolute Gasteiger partial charge is 0.411 e. The Hall–Kier alpha value is 0.164. The van der Waals surface area contributed by atoms with Gasteiger partial charge in [0.2, 0.25) is 0 Å². The van der Waals surface area contributed by atoms with Crippen molar-refractivity contribution < 1.29 is 51.7 Å². The number of benzene rings is 1. The van der Waals surface area contributed by atoms with Crippen LogP contribution in [-0.4, -0.2) is 53.9 Å². The molecule has 0 fully saturated rings. The zero-order valence-corrected chi connectivity index (χ0v) is 21.6. The van der Waals surface area contributed by atoms with Crippen molar-refractivity contribution in [3.8, 4) is 0 Å². The number of hydrogen-bond donors (Lipinski definition) is 0. The molecule has 1 rings (SSSR count). The molecule has 0 saturated heterocycles. The molecule has 0 aromatic heterocycles. The Balaban J connectivity index is -0.0000000809. The van der Waals surface area contributed by atoms with Crippen molar-refractivity contribution >= 4 is 0 Å². The van der Waals surface area contributed by atoms with Crippen LogP contribution in [0.4, 0.5) is 0 Å². The molecule has 158 valence electrons. The third-order valence-electron chi connectivity index (χ3n) is 2.10. The van der Waals surface area contributed by atoms with Gasteiger partial charge in [-0.2, -0.15) is 20.8 Å². The van der Waals surface area contributed by atoms with E-state index in [9.17, 15) is 0 Å². The second kappa shape index (κ2) is 50.2. The first-order chi connectivity index (χ1) is 12.8. The van der Waals surface area contributed by atoms with E-state index in [0.717, 1.165) is 13.2 Å². The summed E-state index contributed by atoms with van der Waals surface area (Å²) < 4.78 is 19.6. The average Bonchev–Trinajstić information content (AvgIpc) is 2.74. The molecule has 0 atom stereocenters. The van der Waals surface area contributed by atoms with Crippen LogP contribution in [0.25, 0.3) is 0 Å². The monoisotopic (exact) mass is 460 g/mol. The van der Waals surface area contributed by atoms with Crippen LogP contribution < -0.4 is 0 Å². The minimum absolute atomic E-state index is 0. The normalized spacial score (nSPS) is 8.00. The van der Waals surface area contributed by atoms with Crippen LogP contribution in [0.15, 0.2) is 36.4 Å². The Morgan fingerprint density at radius 1 is 0.630 bits per heavy atom. The molecule has 5 heteroatoms. The summed E-state index contributed by atoms with van der Waals surface area (Å²) >= 11 is 0. The molecule has 0 saturated carbocycles. The van der Waals surface area contributed by atoms with Gasteiger partial charge in [-0.05, 0) is 0 Å². The molecular weight excluding hydrogens is 417 g/mol. The Bertz CT molecular complexity index is 211. The molecular formula is C22H43O4Y. The predicted molar refractivity (Wildman–Crippen MR) is 114 cm³/mol. The van der Waals surface area contributed by atoms with Crippen LogP contribution >= 0.6 is 0 Å². The first-order valence-electron chi connectivity index (χ1n) is 9.23. The van der Waals surface area contributed by atoms with Crippen LogP contribution in [-0.2, 0) is 51.7 Å². The SMILES string of the molecule is CC.C[CH-]COCCOC.C[CH-]COCCOC.[CH2-]C.[Y+3].c1ccccc1. The molecule has 0 amide bonds. The van der Waals surface area contributed by atoms with Crippen LogP contribution in [0.2, 0.25) is 0 Å². The molecule has 0 aliphatic rings. The summed E-state index contributed by atoms with van der Waals surface area (Å²) in [5.41, 5.74) is 0. The van der Waals surface area contributed by atoms with Crippen LogP contribution in [0.1, 0.15) is 34.6 Å². The second-order valence-corrected chi connectivity index (χ2v) is 4.11. The summed E-state index contributed by atoms with van der Waals surface area (Å²) in [4.78, 5) is 0. The van der Waals surface area contributed by atoms with Gasteiger partial charge in [0.15, 0.2) is 0 Å². The topological polar surface area (TPSA) is 36.9 Å². The summed E-state index contributed by atoms with van der Waals surface area (Å²) in [5, 5.41) is 0. The van der Waals surface area contributed by atoms with Gasteiger partial charge in [0, 0.05) is 14.2 Å². The van der Waals surface area contributed by atoms with E-state index in [-0.39, 0.29) is 32.7 Å². The van der Waals surface area contributed by atoms with Crippen molar-refractivity contribution in [2.45, 2.75) is 34.6 Å². The fourth-order valence-corrected chi connectivity index (χ4v) is 1.07. The fraction of sp³-hybridized carbons (Fsp3) is 0.591. The van der Waals surface area contributed by atoms with Crippen molar-refractivity contribution in [2.75, 3.05) is 53.9 Å². The molecule has 0 aliphatic carbocycles. The van der Waals surface area contributed by atoms with E-state index in [4.69, 9.17) is 18.9 Å². The van der Waals surface area contributed by atoms with E-state index in [0.29, 0.717) is 26.4 Å². The maximum absolute atomic E-state index is 5.04. The van der Waals surface area contributed by atoms with Crippen molar-refractivity contribution in [3.63, 3.8) is 0 Å². The van der Waals surface area contributed by atoms with Gasteiger partial charge in [-0.1, -0.05) is 63.5 Å². The molecule has 0 aliphatic heterocycles. The van der Waals surface area contributed by atoms with Gasteiger partial charge in [-0.15, -0.1) is 0 Å². The summed E-state index contributed by atoms with van der Waals surface area (Å²) in [5.74, 6) is 0. The largest absolute Gasteiger partial charge is 3.00 e. The first kappa shape index (κ1) is 37.9. The third-order valence-corrected chi connectivity index (χ3v) is 2.10. The van der Waals surface area contributed by atoms with E-state index in [1.165, 1.54) is 0 Å². The average molecular weight is 460 g/mol. The third kappa shape index (κ3) is 58.5. The minimum atomic E-state index is 0. The van der Waals surface area contributed by atoms with Crippen LogP contribution in [0, 0.1) is 19.8 Å². The summed E-state index contributed by atoms with van der Waals surface area (Å²) in [7, 11) is 3.33. The zero-order chi connectivity index (χ0) is 20.7. The number of hydrogen-bond acceptors (Lipinski definition) is 4. The van der Waals surface area contributed by atoms with E-state index in [1.54, 1.807) is 21.1 Å². The predicted octanol–water partition coefficient (Wildman–Crippen LogP) is 5.30. The van der Waals surface area contributed by atoms with Crippen molar-refractivity contribution in [1.29, 1.82) is 0 Å². The summed E-state index contributed by atoms with van der Waals surface area (Å²) in [6, 6.07) is 12.0. The Kier molecular flexibility index (Phi) is 70.4. The molecule has 0 heterocycles. The van der Waals surface area contributed by atoms with E-state index in [2.05, 4.69) is 6.92 Å². The number of rotatable bonds is 10. The van der Waals surface area contributed by atoms with Crippen molar-refractivity contribution in [3.05, 3.63) is 56.2 Å². The maximum Gasteiger partial charge on any atom is 3.00 e. The molecule has 0 radical (unpaired) electrons. The fourth-order valence-electron chi connectivity index (χ4n) is 1.07. The molecule has 4 nitrogen and oxygen atoms in total. The number of ether oxygens (including phenoxy) is 4. The Morgan fingerprint density at radius 3 is 1.07 bits per heavy atom. The Morgan fingerprint density at radius 2 is 0.889 bits per heavy atom. The van der Waals surface area contributed by atoms with E-state index >= 15 is 0 Å². The quantitative estimate of drug-likeness (QED) is 0.351. The van der Waals surface area contributed by atoms with Gasteiger partial charge in [0.05, 0.1) is 26.4 Å². The van der Waals surface area contributed by atoms with Gasteiger partial charge in [0.25, 0.3) is 0 Å². The van der Waals surface area contributed by atoms with Gasteiger partial charge < -0.3 is 38.7 Å². The van der Waals surface area contributed by atoms with Gasteiger partial charge in [-0.3, -0.25) is 0 Å². The van der Waals surface area contributed by atoms with Gasteiger partial charge >= 0.3 is 32.7 Å². The molecule has 0 unspecified atom stereocenters. The van der Waals surface area contributed by atoms with Crippen LogP contribution in [0.5, 0.6) is 0 Å². The van der Waals surface area contributed by atoms with E-state index in [1.807, 2.05) is 76.9 Å². The summed E-state index contributed by atoms with van der Waals surface area (Å²) in [6.07, 6.45) is 3.94. The molecule has 0 spiro atoms. The van der Waals surface area contributed by atoms with Gasteiger partial charge in [-0.25, -0.2) is 0 Å². The van der Waals surface area contributed by atoms with Crippen molar-refractivity contribution in [1.82, 2.24) is 0 Å². The molecule has 27 heavy (non-hydrogen) atoms. The summed E-state index contributed by atoms with van der Waals surface area (Å²) in [6.45, 7) is 17.1. The number of methoxy groups -OCH3 is 2. The second-order valence-electron chi connectivity index (χ2n) is 4.11. The minimum Gasteiger partial charge on any atom is -0.411 e. The van der Waals surface area contributed by atoms with Crippen LogP contribution in [0.3, 0.4) is 0 Å². The molecule has 0 N–H and O–H groups in total. The molecule has 1 aromatic carbocycles. The van der Waals surface area contributed by atoms with Crippen molar-refractivity contribution in [2.24, 2.45) is 0 Å². The standard InChI is InChI=1S/2C6H13O2.C6H6.C2H6.C2H5.Y/c2*1-3-4-8-6-5-7-2;1-2-4-6-5-3-1;2*1-2;/h2*3H,4-6H2,1-2H3;1-6H;1-2H3;1H2,2H3;/q2*-1;;;-1;+3. The zero-order valence-electron chi connectivity index (χ0n) is 18.8. The Labute approximate surface area is 195 Å². The molecule has 1 aromatic rings. The maximum atomic E-state index is 5.04. The van der Waals surface area contributed by atoms with E-state index < -0.39 is 0 Å².